The van der Waals surface area contributed by atoms with E-state index in [1.54, 1.807) is 0 Å². The molecule has 4 heavy (non-hydrogen) atoms. The number of hydrogen-bond acceptors (Lipinski definition) is 1. The Bertz CT molecular complexity index is 12.8. The van der Waals surface area contributed by atoms with E-state index in [1.807, 2.05) is 0 Å². The highest BCUT2D eigenvalue weighted by atomic mass is 127. The van der Waals surface area contributed by atoms with E-state index in [9.17, 15) is 0 Å². The standard InChI is InChI=1S/CHN.HI.HO/c1-2;;/h1H;2*1H. The van der Waals surface area contributed by atoms with Gasteiger partial charge in [-0.15, -0.1) is 24.0 Å². The van der Waals surface area contributed by atoms with Crippen molar-refractivity contribution in [1.82, 2.24) is 0 Å². The van der Waals surface area contributed by atoms with E-state index in [-0.39, 0.29) is 29.5 Å². The third-order valence-corrected chi connectivity index (χ3v) is 0. The Hall–Kier alpha value is 0.180. The van der Waals surface area contributed by atoms with Crippen LogP contribution in [0.15, 0.2) is 0 Å². The lowest BCUT2D eigenvalue weighted by Gasteiger charge is -0.668. The molecule has 0 aliphatic carbocycles. The summed E-state index contributed by atoms with van der Waals surface area (Å²) in [5.74, 6) is 0. The fraction of sp³-hybridized carbons (Fsp3) is 0. The number of nitrogens with zero attached hydrogens (tertiary/aromatic N) is 1. The molecule has 2 nitrogen and oxygen atoms in total. The van der Waals surface area contributed by atoms with Crippen LogP contribution in [0, 0.1) is 11.8 Å². The summed E-state index contributed by atoms with van der Waals surface area (Å²) in [6.45, 7) is 3.50. The molecule has 25 valence electrons. The van der Waals surface area contributed by atoms with Gasteiger partial charge in [0.25, 0.3) is 0 Å². The molecule has 0 bridgehead atoms. The Labute approximate surface area is 41.8 Å². The van der Waals surface area contributed by atoms with E-state index < -0.39 is 0 Å². The zero-order valence-corrected chi connectivity index (χ0v) is 4.21. The van der Waals surface area contributed by atoms with E-state index in [2.05, 4.69) is 6.57 Å². The number of hydrogen-bond donors (Lipinski definition) is 1. The predicted octanol–water partition coefficient (Wildman–Crippen LogP) is 0.581. The highest BCUT2D eigenvalue weighted by Crippen LogP contribution is 0.886. The van der Waals surface area contributed by atoms with Crippen LogP contribution in [0.5, 0.6) is 0 Å². The molecule has 0 fully saturated rings. The van der Waals surface area contributed by atoms with Crippen molar-refractivity contribution in [2.45, 2.75) is 0 Å². The molecular weight excluding hydrogens is 169 g/mol. The lowest BCUT2D eigenvalue weighted by molar-refractivity contribution is 0.824. The van der Waals surface area contributed by atoms with Crippen LogP contribution in [-0.2, 0) is 0 Å². The average molecular weight is 172 g/mol. The van der Waals surface area contributed by atoms with E-state index in [0.29, 0.717) is 0 Å². The van der Waals surface area contributed by atoms with Gasteiger partial charge in [0.2, 0.25) is 0 Å². The minimum absolute atomic E-state index is 0. The summed E-state index contributed by atoms with van der Waals surface area (Å²) in [4.78, 5) is 0. The first kappa shape index (κ1) is 30.4. The first-order valence-electron chi connectivity index (χ1n) is 0.258. The molecule has 0 heterocycles. The SMILES string of the molecule is C#N.I.[OH]. The third-order valence-electron chi connectivity index (χ3n) is 0. The Morgan fingerprint density at radius 3 is 1.25 bits per heavy atom. The molecule has 1 radical (unpaired) electrons. The van der Waals surface area contributed by atoms with Gasteiger partial charge in [0.05, 0.1) is 0 Å². The summed E-state index contributed by atoms with van der Waals surface area (Å²) in [6, 6.07) is 0. The molecule has 3 heteroatoms. The zero-order chi connectivity index (χ0) is 2.00. The van der Waals surface area contributed by atoms with Crippen molar-refractivity contribution in [3.8, 4) is 6.57 Å². The van der Waals surface area contributed by atoms with E-state index in [4.69, 9.17) is 5.26 Å². The topological polar surface area (TPSA) is 53.8 Å². The van der Waals surface area contributed by atoms with Crippen molar-refractivity contribution >= 4 is 24.0 Å². The molecule has 1 N–H and O–H groups in total. The minimum atomic E-state index is 0. The molecule has 0 amide bonds. The van der Waals surface area contributed by atoms with Gasteiger partial charge < -0.3 is 0 Å². The van der Waals surface area contributed by atoms with Crippen molar-refractivity contribution in [1.29, 1.82) is 5.26 Å². The number of nitriles is 1. The maximum Gasteiger partial charge on any atom is 0.0462 e. The lowest BCUT2D eigenvalue weighted by atomic mass is 11.9. The van der Waals surface area contributed by atoms with Crippen molar-refractivity contribution in [2.75, 3.05) is 0 Å². The molecular formula is CH3INO. The Morgan fingerprint density at radius 2 is 1.25 bits per heavy atom. The van der Waals surface area contributed by atoms with Crippen LogP contribution in [0.3, 0.4) is 0 Å². The third kappa shape index (κ3) is 93.7. The summed E-state index contributed by atoms with van der Waals surface area (Å²) >= 11 is 0. The van der Waals surface area contributed by atoms with Gasteiger partial charge in [-0.05, 0) is 0 Å². The lowest BCUT2D eigenvalue weighted by Crippen LogP contribution is -0.569. The second-order valence-corrected chi connectivity index (χ2v) is 0. The molecule has 0 aliphatic rings. The van der Waals surface area contributed by atoms with Crippen LogP contribution < -0.4 is 0 Å². The van der Waals surface area contributed by atoms with Gasteiger partial charge in [-0.3, -0.25) is 5.48 Å². The smallest absolute Gasteiger partial charge is 0.0462 e. The van der Waals surface area contributed by atoms with Crippen LogP contribution in [0.2, 0.25) is 0 Å². The molecule has 0 atom stereocenters. The molecule has 0 spiro atoms. The highest BCUT2D eigenvalue weighted by molar-refractivity contribution is 14.0. The maximum atomic E-state index is 6.50. The normalized spacial score (nSPS) is 0.500. The first-order chi connectivity index (χ1) is 1.00. The van der Waals surface area contributed by atoms with Gasteiger partial charge in [0.15, 0.2) is 0 Å². The quantitative estimate of drug-likeness (QED) is 0.533. The van der Waals surface area contributed by atoms with Gasteiger partial charge >= 0.3 is 0 Å². The molecule has 0 unspecified atom stereocenters. The van der Waals surface area contributed by atoms with Crippen LogP contribution in [0.4, 0.5) is 0 Å². The summed E-state index contributed by atoms with van der Waals surface area (Å²) in [7, 11) is 0. The van der Waals surface area contributed by atoms with Crippen LogP contribution in [0.25, 0.3) is 0 Å². The van der Waals surface area contributed by atoms with Crippen molar-refractivity contribution < 1.29 is 5.48 Å². The molecule has 0 aromatic heterocycles. The summed E-state index contributed by atoms with van der Waals surface area (Å²) in [5, 5.41) is 6.50. The van der Waals surface area contributed by atoms with Crippen molar-refractivity contribution in [3.63, 3.8) is 0 Å². The fourth-order valence-electron chi connectivity index (χ4n) is 0. The maximum absolute atomic E-state index is 6.50. The minimum Gasteiger partial charge on any atom is -0.255 e. The van der Waals surface area contributed by atoms with Crippen LogP contribution in [-0.4, -0.2) is 5.48 Å². The van der Waals surface area contributed by atoms with Crippen LogP contribution >= 0.6 is 24.0 Å². The molecule has 0 rings (SSSR count). The molecule has 0 aromatic rings. The Morgan fingerprint density at radius 1 is 1.25 bits per heavy atom. The van der Waals surface area contributed by atoms with Crippen molar-refractivity contribution in [2.24, 2.45) is 0 Å². The molecule has 0 aromatic carbocycles. The summed E-state index contributed by atoms with van der Waals surface area (Å²) < 4.78 is 0. The molecule has 0 saturated carbocycles. The van der Waals surface area contributed by atoms with Gasteiger partial charge in [-0.25, -0.2) is 5.26 Å². The highest BCUT2D eigenvalue weighted by Gasteiger charge is 0.513. The predicted molar refractivity (Wildman–Crippen MR) is 24.0 cm³/mol. The van der Waals surface area contributed by atoms with Gasteiger partial charge in [0.1, 0.15) is 0 Å². The Kier molecular flexibility index (Phi) is 3540. The summed E-state index contributed by atoms with van der Waals surface area (Å²) in [6.07, 6.45) is 0. The second kappa shape index (κ2) is 466. The zero-order valence-electron chi connectivity index (χ0n) is 1.88. The monoisotopic (exact) mass is 172 g/mol. The van der Waals surface area contributed by atoms with Gasteiger partial charge in [-0.1, -0.05) is 0 Å². The Balaban J connectivity index is -0.00000000500. The van der Waals surface area contributed by atoms with Crippen molar-refractivity contribution in [3.05, 3.63) is 0 Å². The van der Waals surface area contributed by atoms with E-state index >= 15 is 0 Å². The first-order valence-corrected chi connectivity index (χ1v) is 0.258. The van der Waals surface area contributed by atoms with E-state index in [1.165, 1.54) is 0 Å². The second-order valence-electron chi connectivity index (χ2n) is 0. The average Bonchev–Trinajstić information content (AvgIpc) is 1.00. The summed E-state index contributed by atoms with van der Waals surface area (Å²) in [5.41, 5.74) is 0. The fourth-order valence-corrected chi connectivity index (χ4v) is 0. The number of halogens is 1. The van der Waals surface area contributed by atoms with Gasteiger partial charge in [-0.2, -0.15) is 0 Å². The largest absolute Gasteiger partial charge is 0.255 e. The molecule has 0 saturated heterocycles. The van der Waals surface area contributed by atoms with E-state index in [0.717, 1.165) is 0 Å². The van der Waals surface area contributed by atoms with Gasteiger partial charge in [0, 0.05) is 6.57 Å². The van der Waals surface area contributed by atoms with Crippen LogP contribution in [0.1, 0.15) is 0 Å². The molecule has 0 aliphatic heterocycles. The number of rotatable bonds is 0.